The molecule has 0 unspecified atom stereocenters. The molecule has 1 saturated heterocycles. The Kier molecular flexibility index (Phi) is 1.48. The minimum atomic E-state index is 0.929. The summed E-state index contributed by atoms with van der Waals surface area (Å²) in [7, 11) is 2.30. The van der Waals surface area contributed by atoms with Crippen molar-refractivity contribution in [1.82, 2.24) is 4.90 Å². The van der Waals surface area contributed by atoms with Crippen molar-refractivity contribution in [1.29, 1.82) is 0 Å². The van der Waals surface area contributed by atoms with Crippen LogP contribution in [0.5, 0.6) is 0 Å². The molecule has 1 heterocycles. The van der Waals surface area contributed by atoms with E-state index in [9.17, 15) is 0 Å². The number of nitrogens with zero attached hydrogens (tertiary/aromatic N) is 1. The highest BCUT2D eigenvalue weighted by atomic mass is 15.2. The Morgan fingerprint density at radius 2 is 2.20 bits per heavy atom. The van der Waals surface area contributed by atoms with Gasteiger partial charge in [0.2, 0.25) is 0 Å². The van der Waals surface area contributed by atoms with E-state index in [2.05, 4.69) is 18.9 Å². The Labute approximate surface area is 63.4 Å². The van der Waals surface area contributed by atoms with Gasteiger partial charge >= 0.3 is 0 Å². The normalized spacial score (nSPS) is 46.8. The van der Waals surface area contributed by atoms with Crippen LogP contribution in [0, 0.1) is 5.92 Å². The predicted molar refractivity (Wildman–Crippen MR) is 43.0 cm³/mol. The summed E-state index contributed by atoms with van der Waals surface area (Å²) in [5, 5.41) is 0. The van der Waals surface area contributed by atoms with E-state index in [-0.39, 0.29) is 0 Å². The van der Waals surface area contributed by atoms with E-state index in [4.69, 9.17) is 0 Å². The largest absolute Gasteiger partial charge is 0.300 e. The van der Waals surface area contributed by atoms with Crippen molar-refractivity contribution in [3.05, 3.63) is 0 Å². The Bertz CT molecular complexity index is 131. The zero-order valence-electron chi connectivity index (χ0n) is 7.01. The van der Waals surface area contributed by atoms with E-state index >= 15 is 0 Å². The second-order valence-electron chi connectivity index (χ2n) is 3.87. The van der Waals surface area contributed by atoms with Gasteiger partial charge in [0.05, 0.1) is 0 Å². The van der Waals surface area contributed by atoms with Crippen molar-refractivity contribution < 1.29 is 0 Å². The minimum absolute atomic E-state index is 0.929. The first-order chi connectivity index (χ1) is 4.83. The zero-order valence-corrected chi connectivity index (χ0v) is 7.01. The Morgan fingerprint density at radius 1 is 1.40 bits per heavy atom. The third-order valence-electron chi connectivity index (χ3n) is 3.51. The molecule has 2 bridgehead atoms. The molecular weight excluding hydrogens is 122 g/mol. The van der Waals surface area contributed by atoms with Crippen LogP contribution in [0.1, 0.15) is 32.6 Å². The van der Waals surface area contributed by atoms with Crippen LogP contribution in [0.3, 0.4) is 0 Å². The fraction of sp³-hybridized carbons (Fsp3) is 1.00. The molecule has 1 aliphatic carbocycles. The van der Waals surface area contributed by atoms with Crippen LogP contribution in [-0.4, -0.2) is 24.0 Å². The van der Waals surface area contributed by atoms with Crippen LogP contribution in [0.2, 0.25) is 0 Å². The Balaban J connectivity index is 2.10. The second-order valence-corrected chi connectivity index (χ2v) is 3.87. The highest BCUT2D eigenvalue weighted by molar-refractivity contribution is 4.97. The lowest BCUT2D eigenvalue weighted by Crippen LogP contribution is -2.36. The fourth-order valence-electron chi connectivity index (χ4n) is 2.94. The average Bonchev–Trinajstić information content (AvgIpc) is 2.46. The maximum absolute atomic E-state index is 2.61. The Hall–Kier alpha value is -0.0400. The molecule has 1 aliphatic heterocycles. The molecule has 1 nitrogen and oxygen atoms in total. The summed E-state index contributed by atoms with van der Waals surface area (Å²) in [5.41, 5.74) is 0. The van der Waals surface area contributed by atoms with E-state index in [1.807, 2.05) is 0 Å². The molecule has 2 aliphatic rings. The van der Waals surface area contributed by atoms with Gasteiger partial charge in [0.15, 0.2) is 0 Å². The van der Waals surface area contributed by atoms with Crippen molar-refractivity contribution in [3.8, 4) is 0 Å². The first-order valence-corrected chi connectivity index (χ1v) is 4.55. The van der Waals surface area contributed by atoms with Crippen molar-refractivity contribution >= 4 is 0 Å². The van der Waals surface area contributed by atoms with Crippen LogP contribution < -0.4 is 0 Å². The number of hydrogen-bond donors (Lipinski definition) is 0. The maximum atomic E-state index is 2.61. The molecule has 1 heteroatoms. The van der Waals surface area contributed by atoms with Crippen LogP contribution in [0.25, 0.3) is 0 Å². The van der Waals surface area contributed by atoms with Gasteiger partial charge in [0, 0.05) is 12.1 Å². The van der Waals surface area contributed by atoms with Crippen LogP contribution >= 0.6 is 0 Å². The summed E-state index contributed by atoms with van der Waals surface area (Å²) in [6.07, 6.45) is 5.83. The van der Waals surface area contributed by atoms with Gasteiger partial charge in [-0.15, -0.1) is 0 Å². The zero-order chi connectivity index (χ0) is 7.14. The third kappa shape index (κ3) is 0.731. The molecule has 2 fully saturated rings. The molecule has 58 valence electrons. The van der Waals surface area contributed by atoms with E-state index in [0.29, 0.717) is 0 Å². The minimum Gasteiger partial charge on any atom is -0.300 e. The van der Waals surface area contributed by atoms with Crippen molar-refractivity contribution in [3.63, 3.8) is 0 Å². The number of likely N-dealkylation sites (tertiary alicyclic amines) is 1. The monoisotopic (exact) mass is 139 g/mol. The third-order valence-corrected chi connectivity index (χ3v) is 3.51. The lowest BCUT2D eigenvalue weighted by Gasteiger charge is -2.30. The number of rotatable bonds is 1. The van der Waals surface area contributed by atoms with Gasteiger partial charge in [-0.25, -0.2) is 0 Å². The van der Waals surface area contributed by atoms with E-state index < -0.39 is 0 Å². The van der Waals surface area contributed by atoms with Gasteiger partial charge in [0.25, 0.3) is 0 Å². The van der Waals surface area contributed by atoms with E-state index in [1.54, 1.807) is 0 Å². The first-order valence-electron chi connectivity index (χ1n) is 4.55. The summed E-state index contributed by atoms with van der Waals surface area (Å²) in [5.74, 6) is 1.06. The lowest BCUT2D eigenvalue weighted by atomic mass is 9.97. The number of hydrogen-bond acceptors (Lipinski definition) is 1. The molecule has 3 atom stereocenters. The quantitative estimate of drug-likeness (QED) is 0.536. The highest BCUT2D eigenvalue weighted by Crippen LogP contribution is 2.42. The summed E-state index contributed by atoms with van der Waals surface area (Å²) in [4.78, 5) is 2.61. The molecule has 0 amide bonds. The molecule has 2 rings (SSSR count). The molecule has 0 aromatic rings. The first kappa shape index (κ1) is 6.66. The summed E-state index contributed by atoms with van der Waals surface area (Å²) >= 11 is 0. The Morgan fingerprint density at radius 3 is 2.60 bits per heavy atom. The average molecular weight is 139 g/mol. The van der Waals surface area contributed by atoms with Gasteiger partial charge in [-0.3, -0.25) is 0 Å². The van der Waals surface area contributed by atoms with Crippen molar-refractivity contribution in [2.24, 2.45) is 5.92 Å². The summed E-state index contributed by atoms with van der Waals surface area (Å²) < 4.78 is 0. The number of fused-ring (bicyclic) bond motifs is 2. The maximum Gasteiger partial charge on any atom is 0.0121 e. The molecule has 1 saturated carbocycles. The van der Waals surface area contributed by atoms with Crippen LogP contribution in [0.4, 0.5) is 0 Å². The molecule has 10 heavy (non-hydrogen) atoms. The van der Waals surface area contributed by atoms with Gasteiger partial charge in [0.1, 0.15) is 0 Å². The topological polar surface area (TPSA) is 3.24 Å². The molecule has 0 N–H and O–H groups in total. The van der Waals surface area contributed by atoms with Gasteiger partial charge in [-0.1, -0.05) is 6.92 Å². The highest BCUT2D eigenvalue weighted by Gasteiger charge is 2.42. The van der Waals surface area contributed by atoms with E-state index in [0.717, 1.165) is 18.0 Å². The van der Waals surface area contributed by atoms with Crippen LogP contribution in [0.15, 0.2) is 0 Å². The fourth-order valence-corrected chi connectivity index (χ4v) is 2.94. The summed E-state index contributed by atoms with van der Waals surface area (Å²) in [6.45, 7) is 2.32. The molecule has 0 aromatic carbocycles. The van der Waals surface area contributed by atoms with E-state index in [1.165, 1.54) is 25.7 Å². The predicted octanol–water partition coefficient (Wildman–Crippen LogP) is 1.88. The molecule has 0 aromatic heterocycles. The van der Waals surface area contributed by atoms with Crippen molar-refractivity contribution in [2.45, 2.75) is 44.7 Å². The number of piperidine rings is 1. The van der Waals surface area contributed by atoms with Crippen LogP contribution in [-0.2, 0) is 0 Å². The van der Waals surface area contributed by atoms with Gasteiger partial charge < -0.3 is 4.90 Å². The molecule has 0 spiro atoms. The van der Waals surface area contributed by atoms with Gasteiger partial charge in [-0.2, -0.15) is 0 Å². The van der Waals surface area contributed by atoms with Crippen molar-refractivity contribution in [2.75, 3.05) is 7.05 Å². The standard InChI is InChI=1S/C9H17N/c1-3-9-7-4-5-8(6-7)10(9)2/h7-9H,3-6H2,1-2H3/t7-,8+,9+/m0/s1. The smallest absolute Gasteiger partial charge is 0.0121 e. The SMILES string of the molecule is CC[C@@H]1[C@H]2CC[C@H](C2)N1C. The molecule has 0 radical (unpaired) electrons. The summed E-state index contributed by atoms with van der Waals surface area (Å²) in [6, 6.07) is 1.88. The second kappa shape index (κ2) is 2.23. The lowest BCUT2D eigenvalue weighted by molar-refractivity contribution is 0.171. The van der Waals surface area contributed by atoms with Gasteiger partial charge in [-0.05, 0) is 38.6 Å². The molecular formula is C9H17N.